The van der Waals surface area contributed by atoms with Crippen molar-refractivity contribution in [2.24, 2.45) is 5.92 Å². The molecule has 0 aromatic heterocycles. The highest BCUT2D eigenvalue weighted by atomic mass is 16.3. The van der Waals surface area contributed by atoms with Crippen molar-refractivity contribution in [1.29, 1.82) is 0 Å². The minimum Gasteiger partial charge on any atom is -0.393 e. The molecule has 1 rings (SSSR count). The molecule has 1 aliphatic carbocycles. The Morgan fingerprint density at radius 1 is 1.46 bits per heavy atom. The van der Waals surface area contributed by atoms with Crippen molar-refractivity contribution in [1.82, 2.24) is 5.32 Å². The monoisotopic (exact) mass is 187 g/mol. The molecule has 0 heterocycles. The van der Waals surface area contributed by atoms with Crippen LogP contribution < -0.4 is 5.32 Å². The van der Waals surface area contributed by atoms with Crippen LogP contribution in [0.5, 0.6) is 0 Å². The van der Waals surface area contributed by atoms with E-state index < -0.39 is 0 Å². The summed E-state index contributed by atoms with van der Waals surface area (Å²) in [5.41, 5.74) is 0. The van der Waals surface area contributed by atoms with Crippen LogP contribution in [0, 0.1) is 5.92 Å². The first-order valence-electron chi connectivity index (χ1n) is 5.25. The van der Waals surface area contributed by atoms with E-state index in [1.807, 2.05) is 0 Å². The van der Waals surface area contributed by atoms with Gasteiger partial charge in [0.25, 0.3) is 0 Å². The first kappa shape index (κ1) is 11.0. The van der Waals surface area contributed by atoms with Crippen LogP contribution in [-0.4, -0.2) is 35.5 Å². The SMILES string of the molecule is CC(O)CCNCC1CCC(O)C1. The molecule has 3 atom stereocenters. The van der Waals surface area contributed by atoms with Crippen molar-refractivity contribution in [2.75, 3.05) is 13.1 Å². The number of hydrogen-bond donors (Lipinski definition) is 3. The highest BCUT2D eigenvalue weighted by Gasteiger charge is 2.21. The fraction of sp³-hybridized carbons (Fsp3) is 1.00. The van der Waals surface area contributed by atoms with Gasteiger partial charge in [0.1, 0.15) is 0 Å². The summed E-state index contributed by atoms with van der Waals surface area (Å²) in [6, 6.07) is 0. The first-order chi connectivity index (χ1) is 6.18. The van der Waals surface area contributed by atoms with Crippen molar-refractivity contribution >= 4 is 0 Å². The molecule has 78 valence electrons. The van der Waals surface area contributed by atoms with E-state index in [1.54, 1.807) is 6.92 Å². The molecule has 1 fully saturated rings. The summed E-state index contributed by atoms with van der Waals surface area (Å²) in [4.78, 5) is 0. The largest absolute Gasteiger partial charge is 0.393 e. The normalized spacial score (nSPS) is 30.7. The Labute approximate surface area is 80.2 Å². The van der Waals surface area contributed by atoms with Gasteiger partial charge in [-0.15, -0.1) is 0 Å². The summed E-state index contributed by atoms with van der Waals surface area (Å²) in [6.07, 6.45) is 3.59. The number of aliphatic hydroxyl groups is 2. The Morgan fingerprint density at radius 2 is 2.23 bits per heavy atom. The molecule has 1 aliphatic rings. The molecule has 0 bridgehead atoms. The Bertz CT molecular complexity index is 139. The van der Waals surface area contributed by atoms with Crippen molar-refractivity contribution in [3.05, 3.63) is 0 Å². The van der Waals surface area contributed by atoms with E-state index in [0.717, 1.165) is 38.8 Å². The van der Waals surface area contributed by atoms with Crippen LogP contribution in [0.1, 0.15) is 32.6 Å². The zero-order valence-electron chi connectivity index (χ0n) is 8.37. The van der Waals surface area contributed by atoms with E-state index in [1.165, 1.54) is 0 Å². The van der Waals surface area contributed by atoms with E-state index in [2.05, 4.69) is 5.32 Å². The molecule has 0 saturated heterocycles. The molecule has 1 saturated carbocycles. The smallest absolute Gasteiger partial charge is 0.0543 e. The number of aliphatic hydroxyl groups excluding tert-OH is 2. The molecule has 0 radical (unpaired) electrons. The summed E-state index contributed by atoms with van der Waals surface area (Å²) in [6.45, 7) is 3.68. The number of hydrogen-bond acceptors (Lipinski definition) is 3. The zero-order chi connectivity index (χ0) is 9.68. The predicted molar refractivity (Wildman–Crippen MR) is 52.5 cm³/mol. The minimum atomic E-state index is -0.207. The fourth-order valence-corrected chi connectivity index (χ4v) is 1.85. The van der Waals surface area contributed by atoms with Gasteiger partial charge in [0, 0.05) is 0 Å². The summed E-state index contributed by atoms with van der Waals surface area (Å²) < 4.78 is 0. The maximum atomic E-state index is 9.28. The maximum Gasteiger partial charge on any atom is 0.0543 e. The lowest BCUT2D eigenvalue weighted by molar-refractivity contribution is 0.175. The topological polar surface area (TPSA) is 52.5 Å². The van der Waals surface area contributed by atoms with Gasteiger partial charge in [0.05, 0.1) is 12.2 Å². The fourth-order valence-electron chi connectivity index (χ4n) is 1.85. The molecular weight excluding hydrogens is 166 g/mol. The van der Waals surface area contributed by atoms with Gasteiger partial charge >= 0.3 is 0 Å². The van der Waals surface area contributed by atoms with Crippen LogP contribution in [0.25, 0.3) is 0 Å². The maximum absolute atomic E-state index is 9.28. The van der Waals surface area contributed by atoms with Crippen LogP contribution in [0.3, 0.4) is 0 Å². The molecule has 0 spiro atoms. The molecule has 3 nitrogen and oxygen atoms in total. The van der Waals surface area contributed by atoms with E-state index in [0.29, 0.717) is 5.92 Å². The van der Waals surface area contributed by atoms with Crippen LogP contribution >= 0.6 is 0 Å². The summed E-state index contributed by atoms with van der Waals surface area (Å²) in [5.74, 6) is 0.643. The van der Waals surface area contributed by atoms with Gasteiger partial charge in [-0.05, 0) is 51.6 Å². The van der Waals surface area contributed by atoms with Crippen LogP contribution in [0.4, 0.5) is 0 Å². The molecular formula is C10H21NO2. The average Bonchev–Trinajstić information content (AvgIpc) is 2.45. The Balaban J connectivity index is 1.94. The third kappa shape index (κ3) is 4.60. The molecule has 0 aromatic rings. The van der Waals surface area contributed by atoms with Gasteiger partial charge < -0.3 is 15.5 Å². The predicted octanol–water partition coefficient (Wildman–Crippen LogP) is 0.508. The lowest BCUT2D eigenvalue weighted by atomic mass is 10.1. The average molecular weight is 187 g/mol. The lowest BCUT2D eigenvalue weighted by Crippen LogP contribution is -2.24. The van der Waals surface area contributed by atoms with Crippen molar-refractivity contribution < 1.29 is 10.2 Å². The van der Waals surface area contributed by atoms with Crippen molar-refractivity contribution in [3.63, 3.8) is 0 Å². The van der Waals surface area contributed by atoms with Gasteiger partial charge in [0.2, 0.25) is 0 Å². The molecule has 0 amide bonds. The second kappa shape index (κ2) is 5.58. The van der Waals surface area contributed by atoms with E-state index in [-0.39, 0.29) is 12.2 Å². The molecule has 0 aromatic carbocycles. The minimum absolute atomic E-state index is 0.0661. The van der Waals surface area contributed by atoms with E-state index in [9.17, 15) is 5.11 Å². The highest BCUT2D eigenvalue weighted by molar-refractivity contribution is 4.76. The van der Waals surface area contributed by atoms with Gasteiger partial charge in [0.15, 0.2) is 0 Å². The summed E-state index contributed by atoms with van der Waals surface area (Å²) >= 11 is 0. The van der Waals surface area contributed by atoms with Crippen LogP contribution in [0.15, 0.2) is 0 Å². The Hall–Kier alpha value is -0.120. The quantitative estimate of drug-likeness (QED) is 0.550. The van der Waals surface area contributed by atoms with Crippen LogP contribution in [0.2, 0.25) is 0 Å². The Morgan fingerprint density at radius 3 is 2.77 bits per heavy atom. The van der Waals surface area contributed by atoms with Gasteiger partial charge in [-0.1, -0.05) is 0 Å². The first-order valence-corrected chi connectivity index (χ1v) is 5.25. The van der Waals surface area contributed by atoms with Gasteiger partial charge in [-0.3, -0.25) is 0 Å². The van der Waals surface area contributed by atoms with Gasteiger partial charge in [-0.25, -0.2) is 0 Å². The summed E-state index contributed by atoms with van der Waals surface area (Å²) in [7, 11) is 0. The van der Waals surface area contributed by atoms with Gasteiger partial charge in [-0.2, -0.15) is 0 Å². The molecule has 3 heteroatoms. The third-order valence-corrected chi connectivity index (χ3v) is 2.69. The van der Waals surface area contributed by atoms with Crippen LogP contribution in [-0.2, 0) is 0 Å². The van der Waals surface area contributed by atoms with E-state index >= 15 is 0 Å². The van der Waals surface area contributed by atoms with Crippen molar-refractivity contribution in [3.8, 4) is 0 Å². The second-order valence-electron chi connectivity index (χ2n) is 4.17. The third-order valence-electron chi connectivity index (χ3n) is 2.69. The molecule has 0 aliphatic heterocycles. The number of nitrogens with one attached hydrogen (secondary N) is 1. The zero-order valence-corrected chi connectivity index (χ0v) is 8.37. The Kier molecular flexibility index (Phi) is 4.70. The summed E-state index contributed by atoms with van der Waals surface area (Å²) in [5, 5.41) is 21.6. The van der Waals surface area contributed by atoms with E-state index in [4.69, 9.17) is 5.11 Å². The standard InChI is InChI=1S/C10H21NO2/c1-8(12)4-5-11-7-9-2-3-10(13)6-9/h8-13H,2-7H2,1H3. The number of rotatable bonds is 5. The molecule has 3 N–H and O–H groups in total. The molecule has 13 heavy (non-hydrogen) atoms. The second-order valence-corrected chi connectivity index (χ2v) is 4.17. The molecule has 3 unspecified atom stereocenters. The van der Waals surface area contributed by atoms with Crippen molar-refractivity contribution in [2.45, 2.75) is 44.8 Å². The lowest BCUT2D eigenvalue weighted by Gasteiger charge is -2.11. The highest BCUT2D eigenvalue weighted by Crippen LogP contribution is 2.24.